The Morgan fingerprint density at radius 1 is 1.23 bits per heavy atom. The molecular weight excluding hydrogens is 366 g/mol. The first-order valence-electron chi connectivity index (χ1n) is 8.97. The Bertz CT molecular complexity index is 818. The molecule has 2 aromatic rings. The van der Waals surface area contributed by atoms with Crippen molar-refractivity contribution < 1.29 is 4.79 Å². The Balaban J connectivity index is 1.51. The van der Waals surface area contributed by atoms with E-state index in [1.807, 2.05) is 11.0 Å². The molecule has 1 aliphatic carbocycles. The van der Waals surface area contributed by atoms with Crippen LogP contribution in [0.5, 0.6) is 0 Å². The van der Waals surface area contributed by atoms with Gasteiger partial charge in [0.2, 0.25) is 0 Å². The predicted molar refractivity (Wildman–Crippen MR) is 107 cm³/mol. The number of carbonyl (C=O) groups is 1. The molecule has 0 unspecified atom stereocenters. The molecule has 0 radical (unpaired) electrons. The Kier molecular flexibility index (Phi) is 4.84. The van der Waals surface area contributed by atoms with Crippen LogP contribution in [0, 0.1) is 0 Å². The number of hydrogen-bond donors (Lipinski definition) is 1. The van der Waals surface area contributed by atoms with Crippen LogP contribution in [0.1, 0.15) is 36.9 Å². The van der Waals surface area contributed by atoms with E-state index in [1.54, 1.807) is 17.8 Å². The van der Waals surface area contributed by atoms with Gasteiger partial charge < -0.3 is 5.32 Å². The first-order chi connectivity index (χ1) is 12.6. The van der Waals surface area contributed by atoms with Crippen molar-refractivity contribution >= 4 is 35.1 Å². The maximum atomic E-state index is 12.9. The molecule has 2 amide bonds. The van der Waals surface area contributed by atoms with Gasteiger partial charge in [0.15, 0.2) is 0 Å². The Labute approximate surface area is 163 Å². The van der Waals surface area contributed by atoms with Crippen molar-refractivity contribution in [2.45, 2.75) is 42.5 Å². The van der Waals surface area contributed by atoms with Gasteiger partial charge in [-0.2, -0.15) is 0 Å². The molecule has 4 rings (SSSR count). The highest BCUT2D eigenvalue weighted by Crippen LogP contribution is 2.49. The molecule has 2 heterocycles. The number of amides is 2. The van der Waals surface area contributed by atoms with Crippen molar-refractivity contribution in [3.63, 3.8) is 0 Å². The number of anilines is 1. The van der Waals surface area contributed by atoms with Crippen LogP contribution >= 0.6 is 23.4 Å². The third-order valence-electron chi connectivity index (χ3n) is 5.50. The summed E-state index contributed by atoms with van der Waals surface area (Å²) >= 11 is 7.86. The largest absolute Gasteiger partial charge is 0.334 e. The van der Waals surface area contributed by atoms with E-state index in [9.17, 15) is 4.79 Å². The van der Waals surface area contributed by atoms with E-state index in [1.165, 1.54) is 17.7 Å². The third-order valence-corrected chi connectivity index (χ3v) is 6.46. The molecule has 136 valence electrons. The summed E-state index contributed by atoms with van der Waals surface area (Å²) in [5.74, 6) is 0. The summed E-state index contributed by atoms with van der Waals surface area (Å²) in [7, 11) is 0. The second kappa shape index (κ2) is 7.12. The van der Waals surface area contributed by atoms with Gasteiger partial charge in [0, 0.05) is 23.4 Å². The number of nitrogens with one attached hydrogen (secondary N) is 1. The molecule has 0 bridgehead atoms. The standard InChI is InChI=1S/C20H22ClN3OS/c1-26-15-6-4-14(5-7-15)12-22-19(25)24-13-20(10-2-3-11-20)18-16(24)8-9-17(21)23-18/h4-9H,2-3,10-13H2,1H3,(H,22,25). The highest BCUT2D eigenvalue weighted by Gasteiger charge is 2.47. The lowest BCUT2D eigenvalue weighted by molar-refractivity contribution is 0.245. The summed E-state index contributed by atoms with van der Waals surface area (Å²) in [6, 6.07) is 11.9. The number of nitrogens with zero attached hydrogens (tertiary/aromatic N) is 2. The van der Waals surface area contributed by atoms with Gasteiger partial charge in [-0.05, 0) is 48.9 Å². The van der Waals surface area contributed by atoms with Crippen LogP contribution in [-0.2, 0) is 12.0 Å². The van der Waals surface area contributed by atoms with Gasteiger partial charge in [0.05, 0.1) is 11.4 Å². The minimum atomic E-state index is -0.0620. The average Bonchev–Trinajstić information content (AvgIpc) is 3.26. The fourth-order valence-corrected chi connectivity index (χ4v) is 4.70. The number of rotatable bonds is 3. The number of carbonyl (C=O) groups excluding carboxylic acids is 1. The molecule has 6 heteroatoms. The summed E-state index contributed by atoms with van der Waals surface area (Å²) in [6.07, 6.45) is 6.58. The lowest BCUT2D eigenvalue weighted by atomic mass is 9.84. The van der Waals surface area contributed by atoms with Gasteiger partial charge in [-0.15, -0.1) is 11.8 Å². The lowest BCUT2D eigenvalue weighted by Gasteiger charge is -2.24. The van der Waals surface area contributed by atoms with E-state index in [4.69, 9.17) is 11.6 Å². The van der Waals surface area contributed by atoms with Crippen LogP contribution in [0.4, 0.5) is 10.5 Å². The highest BCUT2D eigenvalue weighted by molar-refractivity contribution is 7.98. The van der Waals surface area contributed by atoms with E-state index in [-0.39, 0.29) is 11.4 Å². The smallest absolute Gasteiger partial charge is 0.322 e. The van der Waals surface area contributed by atoms with Crippen LogP contribution in [0.2, 0.25) is 5.15 Å². The van der Waals surface area contributed by atoms with Crippen LogP contribution in [-0.4, -0.2) is 23.8 Å². The molecule has 0 atom stereocenters. The number of thioether (sulfide) groups is 1. The maximum absolute atomic E-state index is 12.9. The SMILES string of the molecule is CSc1ccc(CNC(=O)N2CC3(CCCC3)c3nc(Cl)ccc32)cc1. The molecule has 1 aromatic heterocycles. The number of aromatic nitrogens is 1. The molecule has 1 saturated carbocycles. The molecule has 1 aliphatic heterocycles. The number of fused-ring (bicyclic) bond motifs is 2. The summed E-state index contributed by atoms with van der Waals surface area (Å²) in [5, 5.41) is 3.57. The van der Waals surface area contributed by atoms with Crippen molar-refractivity contribution in [2.75, 3.05) is 17.7 Å². The molecule has 4 nitrogen and oxygen atoms in total. The summed E-state index contributed by atoms with van der Waals surface area (Å²) < 4.78 is 0. The minimum Gasteiger partial charge on any atom is -0.334 e. The van der Waals surface area contributed by atoms with Gasteiger partial charge in [-0.25, -0.2) is 9.78 Å². The van der Waals surface area contributed by atoms with E-state index in [0.717, 1.165) is 29.8 Å². The second-order valence-corrected chi connectivity index (χ2v) is 8.35. The van der Waals surface area contributed by atoms with Crippen molar-refractivity contribution in [2.24, 2.45) is 0 Å². The quantitative estimate of drug-likeness (QED) is 0.595. The summed E-state index contributed by atoms with van der Waals surface area (Å²) in [6.45, 7) is 1.22. The Hall–Kier alpha value is -1.72. The molecular formula is C20H22ClN3OS. The average molecular weight is 388 g/mol. The van der Waals surface area contributed by atoms with Crippen LogP contribution in [0.25, 0.3) is 0 Å². The number of benzene rings is 1. The normalized spacial score (nSPS) is 17.5. The van der Waals surface area contributed by atoms with Crippen LogP contribution in [0.15, 0.2) is 41.3 Å². The zero-order valence-electron chi connectivity index (χ0n) is 14.8. The van der Waals surface area contributed by atoms with E-state index >= 15 is 0 Å². The van der Waals surface area contributed by atoms with Crippen molar-refractivity contribution in [1.82, 2.24) is 10.3 Å². The zero-order chi connectivity index (χ0) is 18.1. The summed E-state index contributed by atoms with van der Waals surface area (Å²) in [4.78, 5) is 20.5. The fraction of sp³-hybridized carbons (Fsp3) is 0.400. The maximum Gasteiger partial charge on any atom is 0.322 e. The summed E-state index contributed by atoms with van der Waals surface area (Å²) in [5.41, 5.74) is 2.99. The van der Waals surface area contributed by atoms with Crippen molar-refractivity contribution in [3.8, 4) is 0 Å². The monoisotopic (exact) mass is 387 g/mol. The number of hydrogen-bond acceptors (Lipinski definition) is 3. The Morgan fingerprint density at radius 3 is 2.65 bits per heavy atom. The fourth-order valence-electron chi connectivity index (χ4n) is 4.14. The topological polar surface area (TPSA) is 45.2 Å². The second-order valence-electron chi connectivity index (χ2n) is 7.08. The number of urea groups is 1. The molecule has 1 fully saturated rings. The van der Waals surface area contributed by atoms with E-state index in [0.29, 0.717) is 18.2 Å². The van der Waals surface area contributed by atoms with Crippen LogP contribution in [0.3, 0.4) is 0 Å². The van der Waals surface area contributed by atoms with Gasteiger partial charge in [0.1, 0.15) is 5.15 Å². The molecule has 2 aliphatic rings. The first kappa shape index (κ1) is 17.7. The van der Waals surface area contributed by atoms with Gasteiger partial charge in [-0.1, -0.05) is 36.6 Å². The van der Waals surface area contributed by atoms with Gasteiger partial charge in [0.25, 0.3) is 0 Å². The van der Waals surface area contributed by atoms with Crippen molar-refractivity contribution in [1.29, 1.82) is 0 Å². The highest BCUT2D eigenvalue weighted by atomic mass is 35.5. The van der Waals surface area contributed by atoms with Crippen LogP contribution < -0.4 is 10.2 Å². The van der Waals surface area contributed by atoms with Crippen molar-refractivity contribution in [3.05, 3.63) is 52.8 Å². The number of halogens is 1. The third kappa shape index (κ3) is 3.19. The van der Waals surface area contributed by atoms with Gasteiger partial charge in [-0.3, -0.25) is 4.90 Å². The lowest BCUT2D eigenvalue weighted by Crippen LogP contribution is -2.41. The Morgan fingerprint density at radius 2 is 1.96 bits per heavy atom. The minimum absolute atomic E-state index is 0.0163. The zero-order valence-corrected chi connectivity index (χ0v) is 16.4. The molecule has 1 spiro atoms. The molecule has 26 heavy (non-hydrogen) atoms. The predicted octanol–water partition coefficient (Wildman–Crippen LogP) is 5.00. The first-order valence-corrected chi connectivity index (χ1v) is 10.6. The molecule has 0 saturated heterocycles. The molecule has 1 aromatic carbocycles. The number of pyridine rings is 1. The van der Waals surface area contributed by atoms with E-state index in [2.05, 4.69) is 40.8 Å². The molecule has 1 N–H and O–H groups in total. The van der Waals surface area contributed by atoms with Gasteiger partial charge >= 0.3 is 6.03 Å². The van der Waals surface area contributed by atoms with E-state index < -0.39 is 0 Å².